The second kappa shape index (κ2) is 9.87. The van der Waals surface area contributed by atoms with Crippen LogP contribution in [0.4, 0.5) is 8.78 Å². The molecule has 0 radical (unpaired) electrons. The minimum absolute atomic E-state index is 0.00692. The van der Waals surface area contributed by atoms with E-state index in [9.17, 15) is 8.78 Å². The largest absolute Gasteiger partial charge is 0.356 e. The van der Waals surface area contributed by atoms with Crippen molar-refractivity contribution < 1.29 is 8.78 Å². The van der Waals surface area contributed by atoms with E-state index in [0.29, 0.717) is 25.5 Å². The maximum Gasteiger partial charge on any atom is 0.191 e. The molecule has 4 nitrogen and oxygen atoms in total. The van der Waals surface area contributed by atoms with Crippen molar-refractivity contribution in [1.82, 2.24) is 15.5 Å². The van der Waals surface area contributed by atoms with Gasteiger partial charge in [0.2, 0.25) is 0 Å². The van der Waals surface area contributed by atoms with Gasteiger partial charge in [-0.05, 0) is 55.9 Å². The molecule has 0 heterocycles. The zero-order chi connectivity index (χ0) is 18.9. The first kappa shape index (κ1) is 19.8. The molecule has 0 spiro atoms. The molecule has 0 aliphatic heterocycles. The minimum Gasteiger partial charge on any atom is -0.356 e. The molecule has 1 atom stereocenters. The first-order valence-electron chi connectivity index (χ1n) is 8.60. The molecule has 0 fully saturated rings. The molecule has 0 aromatic heterocycles. The second-order valence-corrected chi connectivity index (χ2v) is 6.29. The van der Waals surface area contributed by atoms with Crippen LogP contribution in [0.15, 0.2) is 53.5 Å². The van der Waals surface area contributed by atoms with Gasteiger partial charge in [0.1, 0.15) is 11.6 Å². The average Bonchev–Trinajstić information content (AvgIpc) is 2.60. The Balaban J connectivity index is 1.88. The normalized spacial score (nSPS) is 12.9. The summed E-state index contributed by atoms with van der Waals surface area (Å²) in [5.74, 6) is 0.186. The van der Waals surface area contributed by atoms with Gasteiger partial charge in [0, 0.05) is 20.1 Å². The van der Waals surface area contributed by atoms with Crippen molar-refractivity contribution in [1.29, 1.82) is 0 Å². The molecule has 0 saturated heterocycles. The maximum atomic E-state index is 13.5. The summed E-state index contributed by atoms with van der Waals surface area (Å²) in [4.78, 5) is 6.24. The fourth-order valence-electron chi connectivity index (χ4n) is 2.74. The van der Waals surface area contributed by atoms with Crippen LogP contribution in [-0.2, 0) is 6.42 Å². The van der Waals surface area contributed by atoms with Crippen LogP contribution >= 0.6 is 0 Å². The number of nitrogens with one attached hydrogen (secondary N) is 2. The van der Waals surface area contributed by atoms with Crippen LogP contribution in [0.5, 0.6) is 0 Å². The molecule has 2 N–H and O–H groups in total. The van der Waals surface area contributed by atoms with Crippen molar-refractivity contribution in [3.63, 3.8) is 0 Å². The van der Waals surface area contributed by atoms with Crippen molar-refractivity contribution >= 4 is 5.96 Å². The van der Waals surface area contributed by atoms with Crippen LogP contribution in [0.2, 0.25) is 0 Å². The molecular weight excluding hydrogens is 334 g/mol. The van der Waals surface area contributed by atoms with Gasteiger partial charge in [-0.15, -0.1) is 0 Å². The minimum atomic E-state index is -0.244. The number of guanidine groups is 1. The van der Waals surface area contributed by atoms with Gasteiger partial charge in [-0.25, -0.2) is 8.78 Å². The van der Waals surface area contributed by atoms with Gasteiger partial charge in [0.15, 0.2) is 5.96 Å². The highest BCUT2D eigenvalue weighted by atomic mass is 19.1. The summed E-state index contributed by atoms with van der Waals surface area (Å²) < 4.78 is 26.7. The Morgan fingerprint density at radius 1 is 1.04 bits per heavy atom. The fourth-order valence-corrected chi connectivity index (χ4v) is 2.74. The van der Waals surface area contributed by atoms with Crippen LogP contribution in [0, 0.1) is 11.6 Å². The van der Waals surface area contributed by atoms with E-state index in [1.807, 2.05) is 31.1 Å². The Kier molecular flexibility index (Phi) is 7.53. The molecule has 26 heavy (non-hydrogen) atoms. The van der Waals surface area contributed by atoms with Crippen LogP contribution in [0.25, 0.3) is 0 Å². The molecule has 1 unspecified atom stereocenters. The van der Waals surface area contributed by atoms with Gasteiger partial charge in [-0.1, -0.05) is 24.3 Å². The first-order chi connectivity index (χ1) is 12.5. The average molecular weight is 360 g/mol. The summed E-state index contributed by atoms with van der Waals surface area (Å²) in [5, 5.41) is 6.49. The zero-order valence-electron chi connectivity index (χ0n) is 15.5. The smallest absolute Gasteiger partial charge is 0.191 e. The van der Waals surface area contributed by atoms with E-state index in [2.05, 4.69) is 15.6 Å². The number of halogens is 2. The summed E-state index contributed by atoms with van der Waals surface area (Å²) >= 11 is 0. The Labute approximate surface area is 153 Å². The lowest BCUT2D eigenvalue weighted by Crippen LogP contribution is -2.42. The molecule has 6 heteroatoms. The fraction of sp³-hybridized carbons (Fsp3) is 0.350. The molecule has 0 amide bonds. The van der Waals surface area contributed by atoms with Gasteiger partial charge in [-0.2, -0.15) is 0 Å². The molecule has 2 aromatic rings. The first-order valence-corrected chi connectivity index (χ1v) is 8.60. The van der Waals surface area contributed by atoms with E-state index >= 15 is 0 Å². The summed E-state index contributed by atoms with van der Waals surface area (Å²) in [6.07, 6.45) is 0.694. The second-order valence-electron chi connectivity index (χ2n) is 6.29. The van der Waals surface area contributed by atoms with Gasteiger partial charge in [0.25, 0.3) is 0 Å². The van der Waals surface area contributed by atoms with E-state index in [-0.39, 0.29) is 17.7 Å². The number of aliphatic imine (C=N–C) groups is 1. The molecule has 0 aliphatic carbocycles. The van der Waals surface area contributed by atoms with Crippen molar-refractivity contribution in [2.45, 2.75) is 12.5 Å². The highest BCUT2D eigenvalue weighted by Crippen LogP contribution is 2.18. The number of likely N-dealkylation sites (N-methyl/N-ethyl adjacent to an activating group) is 1. The lowest BCUT2D eigenvalue weighted by molar-refractivity contribution is 0.297. The third kappa shape index (κ3) is 6.11. The summed E-state index contributed by atoms with van der Waals surface area (Å²) in [6, 6.07) is 13.2. The predicted octanol–water partition coefficient (Wildman–Crippen LogP) is 2.98. The molecule has 2 rings (SSSR count). The Hall–Kier alpha value is -2.47. The van der Waals surface area contributed by atoms with Crippen LogP contribution in [0.1, 0.15) is 17.2 Å². The quantitative estimate of drug-likeness (QED) is 0.589. The summed E-state index contributed by atoms with van der Waals surface area (Å²) in [5.41, 5.74) is 1.83. The predicted molar refractivity (Wildman–Crippen MR) is 102 cm³/mol. The van der Waals surface area contributed by atoms with Crippen LogP contribution < -0.4 is 10.6 Å². The molecular formula is C20H26F2N4. The number of rotatable bonds is 7. The van der Waals surface area contributed by atoms with Crippen molar-refractivity contribution in [3.05, 3.63) is 71.3 Å². The standard InChI is InChI=1S/C20H26F2N4/c1-23-20(24-11-10-15-6-4-8-17(21)12-15)25-14-19(26(2)3)16-7-5-9-18(22)13-16/h4-9,12-13,19H,10-11,14H2,1-3H3,(H2,23,24,25). The maximum absolute atomic E-state index is 13.5. The van der Waals surface area contributed by atoms with Crippen molar-refractivity contribution in [2.24, 2.45) is 4.99 Å². The van der Waals surface area contributed by atoms with E-state index in [4.69, 9.17) is 0 Å². The molecule has 0 saturated carbocycles. The van der Waals surface area contributed by atoms with Crippen molar-refractivity contribution in [2.75, 3.05) is 34.2 Å². The lowest BCUT2D eigenvalue weighted by Gasteiger charge is -2.26. The van der Waals surface area contributed by atoms with Gasteiger partial charge in [0.05, 0.1) is 6.04 Å². The van der Waals surface area contributed by atoms with Crippen LogP contribution in [0.3, 0.4) is 0 Å². The third-order valence-electron chi connectivity index (χ3n) is 4.14. The molecule has 0 bridgehead atoms. The number of hydrogen-bond acceptors (Lipinski definition) is 2. The van der Waals surface area contributed by atoms with E-state index in [1.165, 1.54) is 18.2 Å². The Morgan fingerprint density at radius 2 is 1.73 bits per heavy atom. The lowest BCUT2D eigenvalue weighted by atomic mass is 10.1. The SMILES string of the molecule is CN=C(NCCc1cccc(F)c1)NCC(c1cccc(F)c1)N(C)C. The zero-order valence-corrected chi connectivity index (χ0v) is 15.5. The Morgan fingerprint density at radius 3 is 2.35 bits per heavy atom. The van der Waals surface area contributed by atoms with E-state index in [1.54, 1.807) is 25.2 Å². The van der Waals surface area contributed by atoms with Gasteiger partial charge in [-0.3, -0.25) is 4.99 Å². The summed E-state index contributed by atoms with van der Waals surface area (Å²) in [6.45, 7) is 1.21. The van der Waals surface area contributed by atoms with Crippen molar-refractivity contribution in [3.8, 4) is 0 Å². The third-order valence-corrected chi connectivity index (χ3v) is 4.14. The molecule has 0 aliphatic rings. The van der Waals surface area contributed by atoms with E-state index < -0.39 is 0 Å². The highest BCUT2D eigenvalue weighted by molar-refractivity contribution is 5.79. The topological polar surface area (TPSA) is 39.7 Å². The highest BCUT2D eigenvalue weighted by Gasteiger charge is 2.15. The molecule has 2 aromatic carbocycles. The van der Waals surface area contributed by atoms with E-state index in [0.717, 1.165) is 11.1 Å². The summed E-state index contributed by atoms with van der Waals surface area (Å²) in [7, 11) is 5.61. The van der Waals surface area contributed by atoms with Gasteiger partial charge >= 0.3 is 0 Å². The number of benzene rings is 2. The Bertz CT molecular complexity index is 731. The van der Waals surface area contributed by atoms with Gasteiger partial charge < -0.3 is 15.5 Å². The molecule has 140 valence electrons. The van der Waals surface area contributed by atoms with Crippen LogP contribution in [-0.4, -0.2) is 45.1 Å². The number of nitrogens with zero attached hydrogens (tertiary/aromatic N) is 2. The monoisotopic (exact) mass is 360 g/mol. The number of hydrogen-bond donors (Lipinski definition) is 2.